The van der Waals surface area contributed by atoms with Crippen molar-refractivity contribution in [2.75, 3.05) is 26.2 Å². The van der Waals surface area contributed by atoms with Gasteiger partial charge >= 0.3 is 0 Å². The lowest BCUT2D eigenvalue weighted by molar-refractivity contribution is -0.132. The molecule has 1 aliphatic rings. The molecule has 2 amide bonds. The molecule has 0 atom stereocenters. The smallest absolute Gasteiger partial charge is 0.253 e. The minimum absolute atomic E-state index is 0.0322. The summed E-state index contributed by atoms with van der Waals surface area (Å²) in [6, 6.07) is 5.52. The minimum atomic E-state index is -0.362. The summed E-state index contributed by atoms with van der Waals surface area (Å²) in [6.07, 6.45) is 0.301. The van der Waals surface area contributed by atoms with Gasteiger partial charge in [-0.2, -0.15) is 0 Å². The molecule has 120 valence electrons. The third kappa shape index (κ3) is 3.73. The number of hydrogen-bond donors (Lipinski definition) is 0. The fraction of sp³-hybridized carbons (Fsp3) is 0.312. The molecule has 1 aromatic heterocycles. The lowest BCUT2D eigenvalue weighted by Crippen LogP contribution is -2.51. The summed E-state index contributed by atoms with van der Waals surface area (Å²) in [5, 5.41) is 1.87. The number of amides is 2. The molecule has 23 heavy (non-hydrogen) atoms. The number of aromatic nitrogens is 1. The van der Waals surface area contributed by atoms with Crippen LogP contribution < -0.4 is 0 Å². The average molecular weight is 333 g/mol. The van der Waals surface area contributed by atoms with Crippen molar-refractivity contribution in [1.82, 2.24) is 14.8 Å². The number of nitrogens with zero attached hydrogens (tertiary/aromatic N) is 3. The molecule has 2 aromatic rings. The van der Waals surface area contributed by atoms with Gasteiger partial charge in [0.05, 0.1) is 17.6 Å². The Morgan fingerprint density at radius 3 is 2.35 bits per heavy atom. The van der Waals surface area contributed by atoms with Crippen molar-refractivity contribution in [3.63, 3.8) is 0 Å². The second kappa shape index (κ2) is 6.87. The van der Waals surface area contributed by atoms with Crippen molar-refractivity contribution in [2.45, 2.75) is 6.42 Å². The molecule has 0 N–H and O–H groups in total. The Morgan fingerprint density at radius 2 is 1.74 bits per heavy atom. The van der Waals surface area contributed by atoms with E-state index in [0.29, 0.717) is 38.2 Å². The Hall–Kier alpha value is -2.28. The van der Waals surface area contributed by atoms with Crippen LogP contribution in [0.2, 0.25) is 0 Å². The molecule has 1 aliphatic heterocycles. The van der Waals surface area contributed by atoms with E-state index in [1.54, 1.807) is 15.3 Å². The zero-order valence-corrected chi connectivity index (χ0v) is 13.3. The zero-order chi connectivity index (χ0) is 16.2. The Balaban J connectivity index is 1.54. The zero-order valence-electron chi connectivity index (χ0n) is 12.4. The predicted molar refractivity (Wildman–Crippen MR) is 84.7 cm³/mol. The summed E-state index contributed by atoms with van der Waals surface area (Å²) in [4.78, 5) is 32.1. The maximum Gasteiger partial charge on any atom is 0.253 e. The van der Waals surface area contributed by atoms with Crippen LogP contribution in [0.15, 0.2) is 35.2 Å². The van der Waals surface area contributed by atoms with Gasteiger partial charge in [0.15, 0.2) is 0 Å². The SMILES string of the molecule is O=C(Cc1cscn1)N1CCN(C(=O)c2ccc(F)cc2)CC1. The number of carbonyl (C=O) groups excluding carboxylic acids is 2. The van der Waals surface area contributed by atoms with E-state index in [1.807, 2.05) is 5.38 Å². The first-order valence-electron chi connectivity index (χ1n) is 7.33. The second-order valence-corrected chi connectivity index (χ2v) is 6.06. The fourth-order valence-corrected chi connectivity index (χ4v) is 3.08. The van der Waals surface area contributed by atoms with Crippen molar-refractivity contribution >= 4 is 23.2 Å². The van der Waals surface area contributed by atoms with Crippen LogP contribution in [0.3, 0.4) is 0 Å². The van der Waals surface area contributed by atoms with E-state index in [2.05, 4.69) is 4.98 Å². The molecule has 0 saturated carbocycles. The van der Waals surface area contributed by atoms with Gasteiger partial charge in [0, 0.05) is 37.1 Å². The largest absolute Gasteiger partial charge is 0.339 e. The van der Waals surface area contributed by atoms with Crippen molar-refractivity contribution in [2.24, 2.45) is 0 Å². The van der Waals surface area contributed by atoms with E-state index in [4.69, 9.17) is 0 Å². The topological polar surface area (TPSA) is 53.5 Å². The first kappa shape index (κ1) is 15.6. The van der Waals surface area contributed by atoms with Crippen LogP contribution in [0.1, 0.15) is 16.1 Å². The maximum absolute atomic E-state index is 12.9. The third-order valence-corrected chi connectivity index (χ3v) is 4.46. The van der Waals surface area contributed by atoms with E-state index in [9.17, 15) is 14.0 Å². The molecule has 0 aliphatic carbocycles. The molecular weight excluding hydrogens is 317 g/mol. The normalized spacial score (nSPS) is 14.8. The minimum Gasteiger partial charge on any atom is -0.339 e. The number of thiazole rings is 1. The molecule has 1 aromatic carbocycles. The van der Waals surface area contributed by atoms with Gasteiger partial charge < -0.3 is 9.80 Å². The Morgan fingerprint density at radius 1 is 1.09 bits per heavy atom. The highest BCUT2D eigenvalue weighted by molar-refractivity contribution is 7.07. The molecule has 1 fully saturated rings. The van der Waals surface area contributed by atoms with Gasteiger partial charge in [0.2, 0.25) is 5.91 Å². The summed E-state index contributed by atoms with van der Waals surface area (Å²) in [5.41, 5.74) is 2.96. The quantitative estimate of drug-likeness (QED) is 0.861. The standard InChI is InChI=1S/C16H16FN3O2S/c17-13-3-1-12(2-4-13)16(22)20-7-5-19(6-8-20)15(21)9-14-10-23-11-18-14/h1-4,10-11H,5-9H2. The van der Waals surface area contributed by atoms with Gasteiger partial charge in [0.25, 0.3) is 5.91 Å². The molecule has 0 bridgehead atoms. The molecule has 5 nitrogen and oxygen atoms in total. The number of hydrogen-bond acceptors (Lipinski definition) is 4. The third-order valence-electron chi connectivity index (χ3n) is 3.83. The molecule has 1 saturated heterocycles. The summed E-state index contributed by atoms with van der Waals surface area (Å²) in [5.74, 6) is -0.458. The maximum atomic E-state index is 12.9. The van der Waals surface area contributed by atoms with Crippen LogP contribution >= 0.6 is 11.3 Å². The molecular formula is C16H16FN3O2S. The average Bonchev–Trinajstić information content (AvgIpc) is 3.08. The summed E-state index contributed by atoms with van der Waals surface area (Å²) in [6.45, 7) is 1.99. The highest BCUT2D eigenvalue weighted by atomic mass is 32.1. The van der Waals surface area contributed by atoms with Gasteiger partial charge in [-0.1, -0.05) is 0 Å². The van der Waals surface area contributed by atoms with Crippen molar-refractivity contribution in [3.8, 4) is 0 Å². The summed E-state index contributed by atoms with van der Waals surface area (Å²) in [7, 11) is 0. The van der Waals surface area contributed by atoms with Gasteiger partial charge in [-0.3, -0.25) is 9.59 Å². The predicted octanol–water partition coefficient (Wildman–Crippen LogP) is 1.81. The van der Waals surface area contributed by atoms with Gasteiger partial charge in [-0.25, -0.2) is 9.37 Å². The Labute approximate surface area is 137 Å². The lowest BCUT2D eigenvalue weighted by atomic mass is 10.1. The van der Waals surface area contributed by atoms with Crippen molar-refractivity contribution in [1.29, 1.82) is 0 Å². The van der Waals surface area contributed by atoms with Crippen LogP contribution in [0.5, 0.6) is 0 Å². The summed E-state index contributed by atoms with van der Waals surface area (Å²) < 4.78 is 12.9. The first-order valence-corrected chi connectivity index (χ1v) is 8.27. The number of rotatable bonds is 3. The number of halogens is 1. The van der Waals surface area contributed by atoms with E-state index in [-0.39, 0.29) is 17.6 Å². The molecule has 0 spiro atoms. The van der Waals surface area contributed by atoms with Gasteiger partial charge in [-0.05, 0) is 24.3 Å². The molecule has 7 heteroatoms. The highest BCUT2D eigenvalue weighted by Gasteiger charge is 2.25. The van der Waals surface area contributed by atoms with Crippen LogP contribution in [-0.2, 0) is 11.2 Å². The van der Waals surface area contributed by atoms with E-state index in [1.165, 1.54) is 35.6 Å². The van der Waals surface area contributed by atoms with Gasteiger partial charge in [0.1, 0.15) is 5.82 Å². The number of carbonyl (C=O) groups is 2. The lowest BCUT2D eigenvalue weighted by Gasteiger charge is -2.34. The van der Waals surface area contributed by atoms with Crippen LogP contribution in [0.4, 0.5) is 4.39 Å². The van der Waals surface area contributed by atoms with E-state index >= 15 is 0 Å². The molecule has 3 rings (SSSR count). The van der Waals surface area contributed by atoms with E-state index < -0.39 is 0 Å². The Bertz CT molecular complexity index is 680. The number of piperazine rings is 1. The monoisotopic (exact) mass is 333 g/mol. The van der Waals surface area contributed by atoms with Gasteiger partial charge in [-0.15, -0.1) is 11.3 Å². The fourth-order valence-electron chi connectivity index (χ4n) is 2.53. The second-order valence-electron chi connectivity index (χ2n) is 5.34. The van der Waals surface area contributed by atoms with E-state index in [0.717, 1.165) is 5.69 Å². The molecule has 0 radical (unpaired) electrons. The first-order chi connectivity index (χ1) is 11.1. The summed E-state index contributed by atoms with van der Waals surface area (Å²) >= 11 is 1.47. The Kier molecular flexibility index (Phi) is 4.66. The number of benzene rings is 1. The van der Waals surface area contributed by atoms with Crippen LogP contribution in [-0.4, -0.2) is 52.8 Å². The van der Waals surface area contributed by atoms with Crippen molar-refractivity contribution < 1.29 is 14.0 Å². The highest BCUT2D eigenvalue weighted by Crippen LogP contribution is 2.11. The van der Waals surface area contributed by atoms with Crippen LogP contribution in [0, 0.1) is 5.82 Å². The molecule has 0 unspecified atom stereocenters. The van der Waals surface area contributed by atoms with Crippen molar-refractivity contribution in [3.05, 3.63) is 52.2 Å². The molecule has 2 heterocycles. The van der Waals surface area contributed by atoms with Crippen LogP contribution in [0.25, 0.3) is 0 Å².